The normalized spacial score (nSPS) is 28.6. The number of nitrogens with zero attached hydrogens (tertiary/aromatic N) is 1. The minimum atomic E-state index is -1.80. The fourth-order valence-corrected chi connectivity index (χ4v) is 2.50. The molecular weight excluding hydrogens is 338 g/mol. The van der Waals surface area contributed by atoms with Crippen molar-refractivity contribution >= 4 is 23.8 Å². The van der Waals surface area contributed by atoms with Crippen LogP contribution in [0.3, 0.4) is 0 Å². The molecule has 1 rings (SSSR count). The van der Waals surface area contributed by atoms with Crippen molar-refractivity contribution in [3.8, 4) is 0 Å². The number of rotatable bonds is 5. The molecule has 0 bridgehead atoms. The fraction of sp³-hybridized carbons (Fsp3) is 0.733. The SMILES string of the molecule is CC(=O)OC[C@H]1O[C@H]([O-])[C@H](N(C)C(C)=O)[C@@H](OC(C)=O)[C@@H]1OC(C)=O. The summed E-state index contributed by atoms with van der Waals surface area (Å²) in [6.07, 6.45) is -5.44. The molecule has 1 aliphatic rings. The summed E-state index contributed by atoms with van der Waals surface area (Å²) in [7, 11) is 1.34. The van der Waals surface area contributed by atoms with Crippen molar-refractivity contribution in [3.63, 3.8) is 0 Å². The van der Waals surface area contributed by atoms with Crippen LogP contribution in [-0.2, 0) is 38.1 Å². The van der Waals surface area contributed by atoms with Crippen LogP contribution >= 0.6 is 0 Å². The predicted octanol–water partition coefficient (Wildman–Crippen LogP) is -1.65. The molecule has 10 nitrogen and oxygen atoms in total. The molecule has 1 aliphatic heterocycles. The lowest BCUT2D eigenvalue weighted by molar-refractivity contribution is -0.524. The van der Waals surface area contributed by atoms with Crippen molar-refractivity contribution in [3.05, 3.63) is 0 Å². The number of hydrogen-bond donors (Lipinski definition) is 0. The number of ether oxygens (including phenoxy) is 4. The van der Waals surface area contributed by atoms with Crippen LogP contribution < -0.4 is 5.11 Å². The molecule has 0 N–H and O–H groups in total. The van der Waals surface area contributed by atoms with Gasteiger partial charge in [0.25, 0.3) is 0 Å². The van der Waals surface area contributed by atoms with Crippen LogP contribution in [0.2, 0.25) is 0 Å². The Kier molecular flexibility index (Phi) is 7.31. The molecule has 1 heterocycles. The summed E-state index contributed by atoms with van der Waals surface area (Å²) in [6.45, 7) is 4.25. The zero-order valence-electron chi connectivity index (χ0n) is 14.7. The van der Waals surface area contributed by atoms with E-state index in [4.69, 9.17) is 18.9 Å². The molecule has 0 unspecified atom stereocenters. The maximum absolute atomic E-state index is 12.4. The van der Waals surface area contributed by atoms with Crippen LogP contribution in [0.4, 0.5) is 0 Å². The molecule has 142 valence electrons. The van der Waals surface area contributed by atoms with E-state index in [0.717, 1.165) is 25.7 Å². The largest absolute Gasteiger partial charge is 0.829 e. The van der Waals surface area contributed by atoms with E-state index in [1.54, 1.807) is 0 Å². The second kappa shape index (κ2) is 8.77. The van der Waals surface area contributed by atoms with Gasteiger partial charge in [-0.3, -0.25) is 19.2 Å². The van der Waals surface area contributed by atoms with Gasteiger partial charge in [0.2, 0.25) is 5.91 Å². The summed E-state index contributed by atoms with van der Waals surface area (Å²) in [5.41, 5.74) is 0. The van der Waals surface area contributed by atoms with Crippen LogP contribution in [0.5, 0.6) is 0 Å². The molecule has 0 spiro atoms. The smallest absolute Gasteiger partial charge is 0.303 e. The van der Waals surface area contributed by atoms with E-state index in [9.17, 15) is 24.3 Å². The Morgan fingerprint density at radius 3 is 1.92 bits per heavy atom. The maximum Gasteiger partial charge on any atom is 0.303 e. The number of carbonyl (C=O) groups is 4. The van der Waals surface area contributed by atoms with Gasteiger partial charge in [-0.05, 0) is 0 Å². The van der Waals surface area contributed by atoms with Gasteiger partial charge in [0, 0.05) is 41.0 Å². The van der Waals surface area contributed by atoms with Gasteiger partial charge in [0.1, 0.15) is 12.7 Å². The van der Waals surface area contributed by atoms with Gasteiger partial charge in [-0.15, -0.1) is 0 Å². The molecule has 5 atom stereocenters. The average Bonchev–Trinajstić information content (AvgIpc) is 2.46. The third kappa shape index (κ3) is 5.68. The van der Waals surface area contributed by atoms with E-state index >= 15 is 0 Å². The molecule has 10 heteroatoms. The molecular formula is C15H22NO9-. The molecule has 1 saturated heterocycles. The molecule has 0 aromatic rings. The minimum Gasteiger partial charge on any atom is -0.829 e. The minimum absolute atomic E-state index is 0.375. The molecule has 1 amide bonds. The highest BCUT2D eigenvalue weighted by Gasteiger charge is 2.48. The third-order valence-corrected chi connectivity index (χ3v) is 3.61. The summed E-state index contributed by atoms with van der Waals surface area (Å²) in [4.78, 5) is 46.6. The Bertz CT molecular complexity index is 535. The Hall–Kier alpha value is -2.20. The maximum atomic E-state index is 12.4. The number of esters is 3. The monoisotopic (exact) mass is 360 g/mol. The molecule has 0 aromatic heterocycles. The first-order valence-electron chi connectivity index (χ1n) is 7.57. The molecule has 1 fully saturated rings. The van der Waals surface area contributed by atoms with Gasteiger partial charge in [-0.2, -0.15) is 0 Å². The first-order valence-corrected chi connectivity index (χ1v) is 7.57. The topological polar surface area (TPSA) is 132 Å². The van der Waals surface area contributed by atoms with Crippen molar-refractivity contribution in [2.75, 3.05) is 13.7 Å². The summed E-state index contributed by atoms with van der Waals surface area (Å²) >= 11 is 0. The van der Waals surface area contributed by atoms with E-state index in [1.165, 1.54) is 14.0 Å². The zero-order valence-corrected chi connectivity index (χ0v) is 14.7. The Balaban J connectivity index is 3.21. The van der Waals surface area contributed by atoms with Crippen molar-refractivity contribution in [1.82, 2.24) is 4.90 Å². The standard InChI is InChI=1S/C15H22NO9/c1-7(17)16(5)12-14(24-10(4)20)13(23-9(3)19)11(25-15(12)21)6-22-8(2)18/h11-15H,6H2,1-5H3/q-1/t11-,12-,13-,14-,15+/m1/s1. The lowest BCUT2D eigenvalue weighted by atomic mass is 9.95. The molecule has 0 radical (unpaired) electrons. The summed E-state index contributed by atoms with van der Waals surface area (Å²) in [6, 6.07) is -1.22. The van der Waals surface area contributed by atoms with Gasteiger partial charge in [0.15, 0.2) is 12.2 Å². The van der Waals surface area contributed by atoms with Crippen LogP contribution in [0.25, 0.3) is 0 Å². The first-order chi connectivity index (χ1) is 11.5. The second-order valence-electron chi connectivity index (χ2n) is 5.61. The van der Waals surface area contributed by atoms with Gasteiger partial charge in [0.05, 0.1) is 6.04 Å². The highest BCUT2D eigenvalue weighted by Crippen LogP contribution is 2.27. The van der Waals surface area contributed by atoms with Gasteiger partial charge < -0.3 is 29.0 Å². The highest BCUT2D eigenvalue weighted by atomic mass is 16.7. The van der Waals surface area contributed by atoms with Crippen molar-refractivity contribution < 1.29 is 43.2 Å². The summed E-state index contributed by atoms with van der Waals surface area (Å²) in [5.74, 6) is -2.54. The van der Waals surface area contributed by atoms with E-state index in [1.807, 2.05) is 0 Å². The molecule has 0 aromatic carbocycles. The quantitative estimate of drug-likeness (QED) is 0.417. The predicted molar refractivity (Wildman–Crippen MR) is 78.6 cm³/mol. The lowest BCUT2D eigenvalue weighted by Crippen LogP contribution is -2.69. The van der Waals surface area contributed by atoms with Gasteiger partial charge in [-0.1, -0.05) is 0 Å². The molecule has 0 aliphatic carbocycles. The van der Waals surface area contributed by atoms with Gasteiger partial charge in [-0.25, -0.2) is 0 Å². The van der Waals surface area contributed by atoms with E-state index < -0.39 is 54.5 Å². The number of carbonyl (C=O) groups excluding carboxylic acids is 4. The van der Waals surface area contributed by atoms with Crippen molar-refractivity contribution in [1.29, 1.82) is 0 Å². The number of hydrogen-bond acceptors (Lipinski definition) is 9. The van der Waals surface area contributed by atoms with E-state index in [2.05, 4.69) is 0 Å². The Morgan fingerprint density at radius 1 is 0.960 bits per heavy atom. The Morgan fingerprint density at radius 2 is 1.48 bits per heavy atom. The fourth-order valence-electron chi connectivity index (χ4n) is 2.50. The first kappa shape index (κ1) is 20.8. The molecule has 25 heavy (non-hydrogen) atoms. The highest BCUT2D eigenvalue weighted by molar-refractivity contribution is 5.73. The average molecular weight is 360 g/mol. The van der Waals surface area contributed by atoms with Crippen LogP contribution in [-0.4, -0.2) is 73.0 Å². The van der Waals surface area contributed by atoms with Crippen LogP contribution in [0.15, 0.2) is 0 Å². The Labute approximate surface area is 144 Å². The summed E-state index contributed by atoms with van der Waals surface area (Å²) < 4.78 is 20.4. The number of likely N-dealkylation sites (N-methyl/N-ethyl adjacent to an activating group) is 1. The lowest BCUT2D eigenvalue weighted by Gasteiger charge is -2.50. The van der Waals surface area contributed by atoms with Crippen LogP contribution in [0.1, 0.15) is 27.7 Å². The summed E-state index contributed by atoms with van der Waals surface area (Å²) in [5, 5.41) is 12.4. The van der Waals surface area contributed by atoms with Gasteiger partial charge >= 0.3 is 17.9 Å². The van der Waals surface area contributed by atoms with Crippen molar-refractivity contribution in [2.24, 2.45) is 0 Å². The second-order valence-corrected chi connectivity index (χ2v) is 5.61. The van der Waals surface area contributed by atoms with E-state index in [0.29, 0.717) is 0 Å². The van der Waals surface area contributed by atoms with E-state index in [-0.39, 0.29) is 6.61 Å². The van der Waals surface area contributed by atoms with Crippen LogP contribution in [0, 0.1) is 0 Å². The molecule has 0 saturated carbocycles. The number of amides is 1. The third-order valence-electron chi connectivity index (χ3n) is 3.61. The zero-order chi connectivity index (χ0) is 19.3. The van der Waals surface area contributed by atoms with Crippen molar-refractivity contribution in [2.45, 2.75) is 58.3 Å².